The first-order chi connectivity index (χ1) is 7.16. The summed E-state index contributed by atoms with van der Waals surface area (Å²) < 4.78 is 10.6. The summed E-state index contributed by atoms with van der Waals surface area (Å²) in [4.78, 5) is 10.8. The van der Waals surface area contributed by atoms with Gasteiger partial charge in [0.25, 0.3) is 0 Å². The summed E-state index contributed by atoms with van der Waals surface area (Å²) in [6.45, 7) is 6.15. The van der Waals surface area contributed by atoms with Crippen molar-refractivity contribution in [2.24, 2.45) is 0 Å². The smallest absolute Gasteiger partial charge is 0.227 e. The van der Waals surface area contributed by atoms with Gasteiger partial charge >= 0.3 is 0 Å². The van der Waals surface area contributed by atoms with Crippen LogP contribution in [0.2, 0.25) is 6.04 Å². The van der Waals surface area contributed by atoms with Crippen molar-refractivity contribution in [1.29, 1.82) is 0 Å². The minimum Gasteiger partial charge on any atom is -0.459 e. The second-order valence-corrected chi connectivity index (χ2v) is 7.09. The van der Waals surface area contributed by atoms with E-state index in [1.165, 1.54) is 6.08 Å². The van der Waals surface area contributed by atoms with Gasteiger partial charge in [0.2, 0.25) is 9.76 Å². The molecule has 15 heavy (non-hydrogen) atoms. The Labute approximate surface area is 95.5 Å². The number of carbonyl (C=O) groups excluding carboxylic acids is 1. The summed E-state index contributed by atoms with van der Waals surface area (Å²) in [5.41, 5.74) is 0. The number of aliphatic hydroxyl groups is 1. The van der Waals surface area contributed by atoms with Crippen molar-refractivity contribution in [2.45, 2.75) is 25.5 Å². The highest BCUT2D eigenvalue weighted by atomic mass is 28.3. The molecule has 0 amide bonds. The monoisotopic (exact) mass is 248 g/mol. The lowest BCUT2D eigenvalue weighted by Gasteiger charge is -2.05. The van der Waals surface area contributed by atoms with Gasteiger partial charge in [-0.3, -0.25) is 4.79 Å². The number of ether oxygens (including phenoxy) is 1. The van der Waals surface area contributed by atoms with Gasteiger partial charge in [-0.25, -0.2) is 0 Å². The molecule has 4 nitrogen and oxygen atoms in total. The predicted octanol–water partition coefficient (Wildman–Crippen LogP) is -0.911. The Morgan fingerprint density at radius 3 is 3.00 bits per heavy atom. The van der Waals surface area contributed by atoms with Crippen LogP contribution in [0.15, 0.2) is 12.7 Å². The van der Waals surface area contributed by atoms with Gasteiger partial charge in [0.1, 0.15) is 9.76 Å². The van der Waals surface area contributed by atoms with Crippen LogP contribution in [-0.4, -0.2) is 49.4 Å². The van der Waals surface area contributed by atoms with Crippen LogP contribution in [0.3, 0.4) is 0 Å². The van der Waals surface area contributed by atoms with E-state index in [9.17, 15) is 4.79 Å². The Morgan fingerprint density at radius 1 is 1.67 bits per heavy atom. The molecule has 0 aliphatic rings. The fraction of sp³-hybridized carbons (Fsp3) is 0.667. The van der Waals surface area contributed by atoms with Crippen LogP contribution in [0.4, 0.5) is 0 Å². The van der Waals surface area contributed by atoms with Crippen molar-refractivity contribution in [3.63, 3.8) is 0 Å². The molecule has 0 aliphatic heterocycles. The van der Waals surface area contributed by atoms with Gasteiger partial charge in [-0.2, -0.15) is 0 Å². The van der Waals surface area contributed by atoms with Crippen molar-refractivity contribution in [1.82, 2.24) is 0 Å². The average molecular weight is 248 g/mol. The maximum absolute atomic E-state index is 10.8. The average Bonchev–Trinajstić information content (AvgIpc) is 2.21. The van der Waals surface area contributed by atoms with Crippen LogP contribution in [-0.2, 0) is 13.6 Å². The SMILES string of the molecule is C=CC(=O)[SiH2]O[SiH2]CCCOCC(C)O. The van der Waals surface area contributed by atoms with Crippen LogP contribution >= 0.6 is 0 Å². The normalized spacial score (nSPS) is 14.0. The molecule has 0 bridgehead atoms. The zero-order valence-corrected chi connectivity index (χ0v) is 12.1. The summed E-state index contributed by atoms with van der Waals surface area (Å²) >= 11 is 0. The molecule has 1 N–H and O–H groups in total. The van der Waals surface area contributed by atoms with Crippen molar-refractivity contribution in [2.75, 3.05) is 13.2 Å². The van der Waals surface area contributed by atoms with Gasteiger partial charge in [0, 0.05) is 6.61 Å². The summed E-state index contributed by atoms with van der Waals surface area (Å²) in [6.07, 6.45) is 1.90. The topological polar surface area (TPSA) is 55.8 Å². The Bertz CT molecular complexity index is 185. The zero-order chi connectivity index (χ0) is 11.5. The Hall–Kier alpha value is -0.276. The molecule has 0 aromatic heterocycles. The highest BCUT2D eigenvalue weighted by Crippen LogP contribution is 1.92. The fourth-order valence-electron chi connectivity index (χ4n) is 0.894. The van der Waals surface area contributed by atoms with E-state index in [2.05, 4.69) is 6.58 Å². The molecule has 0 saturated carbocycles. The largest absolute Gasteiger partial charge is 0.459 e. The second-order valence-electron chi connectivity index (χ2n) is 3.35. The van der Waals surface area contributed by atoms with E-state index >= 15 is 0 Å². The molecule has 0 spiro atoms. The van der Waals surface area contributed by atoms with E-state index in [0.717, 1.165) is 12.5 Å². The number of hydrogen-bond donors (Lipinski definition) is 1. The van der Waals surface area contributed by atoms with Gasteiger partial charge in [-0.15, -0.1) is 0 Å². The maximum Gasteiger partial charge on any atom is 0.227 e. The van der Waals surface area contributed by atoms with Gasteiger partial charge in [-0.05, 0) is 25.5 Å². The highest BCUT2D eigenvalue weighted by Gasteiger charge is 1.98. The molecule has 0 saturated heterocycles. The van der Waals surface area contributed by atoms with Gasteiger partial charge in [0.05, 0.1) is 12.7 Å². The summed E-state index contributed by atoms with van der Waals surface area (Å²) in [5.74, 6) is 0. The van der Waals surface area contributed by atoms with E-state index in [4.69, 9.17) is 14.0 Å². The number of carbonyl (C=O) groups is 1. The van der Waals surface area contributed by atoms with Gasteiger partial charge in [0.15, 0.2) is 5.41 Å². The van der Waals surface area contributed by atoms with E-state index in [1.807, 2.05) is 0 Å². The quantitative estimate of drug-likeness (QED) is 0.309. The third-order valence-corrected chi connectivity index (χ3v) is 4.99. The van der Waals surface area contributed by atoms with E-state index in [0.29, 0.717) is 13.2 Å². The molecule has 1 unspecified atom stereocenters. The van der Waals surface area contributed by atoms with Crippen molar-refractivity contribution >= 4 is 24.9 Å². The van der Waals surface area contributed by atoms with Crippen LogP contribution in [0.1, 0.15) is 13.3 Å². The minimum atomic E-state index is -0.993. The third-order valence-electron chi connectivity index (χ3n) is 1.66. The minimum absolute atomic E-state index is 0.0767. The molecule has 0 aromatic carbocycles. The molecular weight excluding hydrogens is 228 g/mol. The van der Waals surface area contributed by atoms with E-state index < -0.39 is 25.6 Å². The molecule has 1 atom stereocenters. The molecule has 0 aliphatic carbocycles. The molecule has 6 heteroatoms. The van der Waals surface area contributed by atoms with Crippen molar-refractivity contribution < 1.29 is 18.8 Å². The molecular formula is C9H20O4Si2. The van der Waals surface area contributed by atoms with Crippen molar-refractivity contribution in [3.8, 4) is 0 Å². The van der Waals surface area contributed by atoms with Crippen LogP contribution < -0.4 is 0 Å². The standard InChI is InChI=1S/C9H20O4Si2/c1-3-9(11)15-13-14-6-4-5-12-7-8(2)10/h3,8,10H,1,4-7,14-15H2,2H3. The number of rotatable bonds is 10. The summed E-state index contributed by atoms with van der Waals surface area (Å²) in [5, 5.41) is 8.98. The van der Waals surface area contributed by atoms with Crippen LogP contribution in [0.5, 0.6) is 0 Å². The van der Waals surface area contributed by atoms with Gasteiger partial charge < -0.3 is 14.0 Å². The molecule has 0 radical (unpaired) electrons. The zero-order valence-electron chi connectivity index (χ0n) is 9.28. The highest BCUT2D eigenvalue weighted by molar-refractivity contribution is 6.74. The van der Waals surface area contributed by atoms with E-state index in [1.54, 1.807) is 6.92 Å². The Kier molecular flexibility index (Phi) is 10.1. The molecule has 0 heterocycles. The Balaban J connectivity index is 3.05. The lowest BCUT2D eigenvalue weighted by Crippen LogP contribution is -2.14. The van der Waals surface area contributed by atoms with Crippen molar-refractivity contribution in [3.05, 3.63) is 12.7 Å². The molecule has 88 valence electrons. The first kappa shape index (κ1) is 14.7. The third kappa shape index (κ3) is 11.7. The van der Waals surface area contributed by atoms with Crippen LogP contribution in [0, 0.1) is 0 Å². The molecule has 0 rings (SSSR count). The predicted molar refractivity (Wildman–Crippen MR) is 65.3 cm³/mol. The second kappa shape index (κ2) is 10.2. The summed E-state index contributed by atoms with van der Waals surface area (Å²) in [6, 6.07) is 1.03. The number of hydrogen-bond acceptors (Lipinski definition) is 4. The molecule has 0 aromatic rings. The first-order valence-electron chi connectivity index (χ1n) is 5.15. The first-order valence-corrected chi connectivity index (χ1v) is 8.01. The lowest BCUT2D eigenvalue weighted by molar-refractivity contribution is -0.108. The Morgan fingerprint density at radius 2 is 2.40 bits per heavy atom. The summed E-state index contributed by atoms with van der Waals surface area (Å²) in [7, 11) is -1.53. The fourth-order valence-corrected chi connectivity index (χ4v) is 3.62. The number of aliphatic hydroxyl groups excluding tert-OH is 1. The lowest BCUT2D eigenvalue weighted by atomic mass is 10.4. The molecule has 0 fully saturated rings. The van der Waals surface area contributed by atoms with Crippen LogP contribution in [0.25, 0.3) is 0 Å². The number of allylic oxidation sites excluding steroid dienone is 1. The van der Waals surface area contributed by atoms with E-state index in [-0.39, 0.29) is 5.41 Å². The maximum atomic E-state index is 10.8. The van der Waals surface area contributed by atoms with Gasteiger partial charge in [-0.1, -0.05) is 6.58 Å².